The average Bonchev–Trinajstić information content (AvgIpc) is 2.84. The monoisotopic (exact) mass is 246 g/mol. The predicted octanol–water partition coefficient (Wildman–Crippen LogP) is 2.10. The normalized spacial score (nSPS) is 10.1. The Bertz CT molecular complexity index is 517. The van der Waals surface area contributed by atoms with Crippen molar-refractivity contribution in [1.82, 2.24) is 14.8 Å². The number of carbonyl (C=O) groups is 1. The maximum atomic E-state index is 11.6. The molecule has 0 unspecified atom stereocenters. The number of amides is 1. The van der Waals surface area contributed by atoms with Crippen molar-refractivity contribution in [1.29, 1.82) is 0 Å². The van der Waals surface area contributed by atoms with E-state index in [1.54, 1.807) is 0 Å². The van der Waals surface area contributed by atoms with Crippen molar-refractivity contribution < 1.29 is 9.53 Å². The van der Waals surface area contributed by atoms with E-state index in [9.17, 15) is 4.79 Å². The van der Waals surface area contributed by atoms with Gasteiger partial charge in [-0.1, -0.05) is 18.2 Å². The standard InChI is InChI=1S/C12H14N4O2/c1-9-4-3-5-10(2)11(9)15-12(17)18-8-16-7-13-6-14-16/h3-7H,8H2,1-2H3,(H,15,17). The van der Waals surface area contributed by atoms with E-state index in [0.29, 0.717) is 0 Å². The average molecular weight is 246 g/mol. The minimum Gasteiger partial charge on any atom is -0.426 e. The highest BCUT2D eigenvalue weighted by Gasteiger charge is 2.08. The summed E-state index contributed by atoms with van der Waals surface area (Å²) in [5, 5.41) is 6.55. The van der Waals surface area contributed by atoms with Crippen LogP contribution in [0.3, 0.4) is 0 Å². The third-order valence-corrected chi connectivity index (χ3v) is 2.50. The number of hydrogen-bond donors (Lipinski definition) is 1. The molecule has 2 aromatic rings. The summed E-state index contributed by atoms with van der Waals surface area (Å²) in [6.45, 7) is 3.90. The highest BCUT2D eigenvalue weighted by molar-refractivity contribution is 5.86. The molecule has 0 saturated heterocycles. The summed E-state index contributed by atoms with van der Waals surface area (Å²) in [6, 6.07) is 5.80. The fourth-order valence-corrected chi connectivity index (χ4v) is 1.57. The fraction of sp³-hybridized carbons (Fsp3) is 0.250. The Morgan fingerprint density at radius 2 is 2.11 bits per heavy atom. The fourth-order valence-electron chi connectivity index (χ4n) is 1.57. The molecule has 1 aromatic carbocycles. The molecule has 0 spiro atoms. The number of carbonyl (C=O) groups excluding carboxylic acids is 1. The quantitative estimate of drug-likeness (QED) is 0.900. The van der Waals surface area contributed by atoms with Crippen LogP contribution in [0.1, 0.15) is 11.1 Å². The van der Waals surface area contributed by atoms with Gasteiger partial charge in [0.2, 0.25) is 0 Å². The summed E-state index contributed by atoms with van der Waals surface area (Å²) in [6.07, 6.45) is 2.35. The zero-order chi connectivity index (χ0) is 13.0. The number of para-hydroxylation sites is 1. The second kappa shape index (κ2) is 5.31. The summed E-state index contributed by atoms with van der Waals surface area (Å²) in [4.78, 5) is 15.4. The van der Waals surface area contributed by atoms with E-state index < -0.39 is 6.09 Å². The molecule has 2 rings (SSSR count). The first-order chi connectivity index (χ1) is 8.66. The van der Waals surface area contributed by atoms with E-state index in [1.807, 2.05) is 32.0 Å². The number of ether oxygens (including phenoxy) is 1. The van der Waals surface area contributed by atoms with Gasteiger partial charge in [0.15, 0.2) is 6.73 Å². The number of aryl methyl sites for hydroxylation is 2. The van der Waals surface area contributed by atoms with Crippen LogP contribution in [-0.4, -0.2) is 20.9 Å². The molecule has 0 bridgehead atoms. The molecule has 1 N–H and O–H groups in total. The molecule has 0 aliphatic rings. The molecule has 0 aliphatic carbocycles. The molecule has 1 amide bonds. The van der Waals surface area contributed by atoms with E-state index in [2.05, 4.69) is 15.4 Å². The lowest BCUT2D eigenvalue weighted by Crippen LogP contribution is -2.17. The van der Waals surface area contributed by atoms with Gasteiger partial charge in [0.1, 0.15) is 12.7 Å². The van der Waals surface area contributed by atoms with Gasteiger partial charge in [-0.15, -0.1) is 0 Å². The van der Waals surface area contributed by atoms with E-state index in [-0.39, 0.29) is 6.73 Å². The number of benzene rings is 1. The van der Waals surface area contributed by atoms with Crippen molar-refractivity contribution in [3.05, 3.63) is 42.0 Å². The third-order valence-electron chi connectivity index (χ3n) is 2.50. The van der Waals surface area contributed by atoms with E-state index in [0.717, 1.165) is 16.8 Å². The molecule has 0 saturated carbocycles. The second-order valence-corrected chi connectivity index (χ2v) is 3.89. The van der Waals surface area contributed by atoms with Gasteiger partial charge in [-0.05, 0) is 25.0 Å². The zero-order valence-electron chi connectivity index (χ0n) is 10.3. The molecule has 1 aromatic heterocycles. The van der Waals surface area contributed by atoms with Gasteiger partial charge in [-0.3, -0.25) is 5.32 Å². The van der Waals surface area contributed by atoms with Crippen LogP contribution in [0.15, 0.2) is 30.9 Å². The summed E-state index contributed by atoms with van der Waals surface area (Å²) in [5.41, 5.74) is 2.77. The Balaban J connectivity index is 1.95. The van der Waals surface area contributed by atoms with Crippen LogP contribution in [0, 0.1) is 13.8 Å². The van der Waals surface area contributed by atoms with Crippen molar-refractivity contribution in [2.75, 3.05) is 5.32 Å². The zero-order valence-corrected chi connectivity index (χ0v) is 10.3. The maximum Gasteiger partial charge on any atom is 0.413 e. The highest BCUT2D eigenvalue weighted by atomic mass is 16.6. The van der Waals surface area contributed by atoms with Crippen LogP contribution in [0.4, 0.5) is 10.5 Å². The summed E-state index contributed by atoms with van der Waals surface area (Å²) >= 11 is 0. The molecular weight excluding hydrogens is 232 g/mol. The molecule has 0 fully saturated rings. The Kier molecular flexibility index (Phi) is 3.57. The topological polar surface area (TPSA) is 69.0 Å². The molecule has 6 heteroatoms. The molecule has 0 radical (unpaired) electrons. The van der Waals surface area contributed by atoms with Crippen molar-refractivity contribution in [3.8, 4) is 0 Å². The Labute approximate surface area is 105 Å². The van der Waals surface area contributed by atoms with Gasteiger partial charge in [-0.2, -0.15) is 5.10 Å². The van der Waals surface area contributed by atoms with Gasteiger partial charge in [0.05, 0.1) is 0 Å². The van der Waals surface area contributed by atoms with E-state index >= 15 is 0 Å². The largest absolute Gasteiger partial charge is 0.426 e. The van der Waals surface area contributed by atoms with Crippen LogP contribution >= 0.6 is 0 Å². The smallest absolute Gasteiger partial charge is 0.413 e. The van der Waals surface area contributed by atoms with Gasteiger partial charge >= 0.3 is 6.09 Å². The van der Waals surface area contributed by atoms with E-state index in [4.69, 9.17) is 4.74 Å². The number of nitrogens with one attached hydrogen (secondary N) is 1. The van der Waals surface area contributed by atoms with Crippen molar-refractivity contribution in [3.63, 3.8) is 0 Å². The van der Waals surface area contributed by atoms with Gasteiger partial charge in [0.25, 0.3) is 0 Å². The van der Waals surface area contributed by atoms with Crippen LogP contribution in [-0.2, 0) is 11.5 Å². The number of anilines is 1. The summed E-state index contributed by atoms with van der Waals surface area (Å²) < 4.78 is 6.43. The highest BCUT2D eigenvalue weighted by Crippen LogP contribution is 2.19. The molecule has 0 atom stereocenters. The maximum absolute atomic E-state index is 11.6. The summed E-state index contributed by atoms with van der Waals surface area (Å²) in [7, 11) is 0. The molecule has 1 heterocycles. The number of hydrogen-bond acceptors (Lipinski definition) is 4. The number of nitrogens with zero attached hydrogens (tertiary/aromatic N) is 3. The van der Waals surface area contributed by atoms with Gasteiger partial charge in [-0.25, -0.2) is 14.5 Å². The van der Waals surface area contributed by atoms with Crippen molar-refractivity contribution in [2.24, 2.45) is 0 Å². The Hall–Kier alpha value is -2.37. The first-order valence-corrected chi connectivity index (χ1v) is 5.49. The van der Waals surface area contributed by atoms with Crippen LogP contribution < -0.4 is 5.32 Å². The van der Waals surface area contributed by atoms with E-state index in [1.165, 1.54) is 17.3 Å². The van der Waals surface area contributed by atoms with Crippen LogP contribution in [0.2, 0.25) is 0 Å². The molecule has 94 valence electrons. The van der Waals surface area contributed by atoms with Crippen molar-refractivity contribution in [2.45, 2.75) is 20.6 Å². The van der Waals surface area contributed by atoms with Crippen molar-refractivity contribution >= 4 is 11.8 Å². The molecule has 18 heavy (non-hydrogen) atoms. The van der Waals surface area contributed by atoms with Crippen LogP contribution in [0.5, 0.6) is 0 Å². The van der Waals surface area contributed by atoms with Gasteiger partial charge < -0.3 is 4.74 Å². The lowest BCUT2D eigenvalue weighted by molar-refractivity contribution is 0.121. The number of aromatic nitrogens is 3. The third kappa shape index (κ3) is 2.85. The Morgan fingerprint density at radius 1 is 1.39 bits per heavy atom. The minimum absolute atomic E-state index is 0.0385. The van der Waals surface area contributed by atoms with Crippen LogP contribution in [0.25, 0.3) is 0 Å². The Morgan fingerprint density at radius 3 is 2.72 bits per heavy atom. The minimum atomic E-state index is -0.511. The first kappa shape index (κ1) is 12.1. The number of rotatable bonds is 3. The first-order valence-electron chi connectivity index (χ1n) is 5.49. The lowest BCUT2D eigenvalue weighted by atomic mass is 10.1. The lowest BCUT2D eigenvalue weighted by Gasteiger charge is -2.11. The molecular formula is C12H14N4O2. The molecule has 6 nitrogen and oxygen atoms in total. The predicted molar refractivity (Wildman–Crippen MR) is 66.0 cm³/mol. The van der Waals surface area contributed by atoms with Gasteiger partial charge in [0, 0.05) is 5.69 Å². The SMILES string of the molecule is Cc1cccc(C)c1NC(=O)OCn1cncn1. The summed E-state index contributed by atoms with van der Waals surface area (Å²) in [5.74, 6) is 0. The second-order valence-electron chi connectivity index (χ2n) is 3.89. The molecule has 0 aliphatic heterocycles.